The minimum absolute atomic E-state index is 0.133. The maximum Gasteiger partial charge on any atom is 0.407 e. The molecule has 0 aromatic carbocycles. The Morgan fingerprint density at radius 2 is 1.48 bits per heavy atom. The van der Waals surface area contributed by atoms with E-state index in [1.165, 1.54) is 0 Å². The Kier molecular flexibility index (Phi) is 8.80. The van der Waals surface area contributed by atoms with Crippen LogP contribution in [0.15, 0.2) is 0 Å². The van der Waals surface area contributed by atoms with E-state index in [2.05, 4.69) is 46.9 Å². The van der Waals surface area contributed by atoms with Crippen LogP contribution in [0.2, 0.25) is 16.6 Å². The molecule has 0 aliphatic rings. The molecule has 0 bridgehead atoms. The highest BCUT2D eigenvalue weighted by molar-refractivity contribution is 6.77. The molecule has 0 aromatic heterocycles. The van der Waals surface area contributed by atoms with Crippen LogP contribution >= 0.6 is 0 Å². The summed E-state index contributed by atoms with van der Waals surface area (Å²) in [5, 5.41) is 12.7. The largest absolute Gasteiger partial charge is 0.444 e. The van der Waals surface area contributed by atoms with Crippen LogP contribution in [-0.4, -0.2) is 44.4 Å². The summed E-state index contributed by atoms with van der Waals surface area (Å²) in [6.07, 6.45) is -1.25. The Hall–Kier alpha value is -0.593. The SMILES string of the molecule is CC(C)[Si](OCC(O)CNC(=O)OC(C)(C)C)(C(C)C)C(C)C. The van der Waals surface area contributed by atoms with Crippen molar-refractivity contribution >= 4 is 14.4 Å². The molecule has 0 saturated heterocycles. The van der Waals surface area contributed by atoms with Gasteiger partial charge in [-0.25, -0.2) is 4.79 Å². The topological polar surface area (TPSA) is 67.8 Å². The second-order valence-corrected chi connectivity index (χ2v) is 13.6. The van der Waals surface area contributed by atoms with Gasteiger partial charge in [-0.05, 0) is 37.4 Å². The van der Waals surface area contributed by atoms with Crippen molar-refractivity contribution in [3.63, 3.8) is 0 Å². The lowest BCUT2D eigenvalue weighted by molar-refractivity contribution is 0.0454. The van der Waals surface area contributed by atoms with Crippen LogP contribution in [0.5, 0.6) is 0 Å². The molecule has 23 heavy (non-hydrogen) atoms. The molecule has 0 spiro atoms. The van der Waals surface area contributed by atoms with Crippen molar-refractivity contribution in [3.8, 4) is 0 Å². The number of aliphatic hydroxyl groups is 1. The molecule has 0 rings (SSSR count). The van der Waals surface area contributed by atoms with Crippen molar-refractivity contribution in [2.45, 2.75) is 90.6 Å². The van der Waals surface area contributed by atoms with Gasteiger partial charge in [-0.3, -0.25) is 0 Å². The highest BCUT2D eigenvalue weighted by Crippen LogP contribution is 2.42. The number of carbonyl (C=O) groups excluding carboxylic acids is 1. The summed E-state index contributed by atoms with van der Waals surface area (Å²) in [4.78, 5) is 11.6. The Labute approximate surface area is 143 Å². The number of aliphatic hydroxyl groups excluding tert-OH is 1. The predicted molar refractivity (Wildman–Crippen MR) is 97.2 cm³/mol. The predicted octanol–water partition coefficient (Wildman–Crippen LogP) is 4.06. The van der Waals surface area contributed by atoms with Crippen LogP contribution in [-0.2, 0) is 9.16 Å². The first-order valence-electron chi connectivity index (χ1n) is 8.61. The smallest absolute Gasteiger partial charge is 0.407 e. The molecule has 0 aliphatic heterocycles. The summed E-state index contributed by atoms with van der Waals surface area (Å²) in [6, 6.07) is 0. The fraction of sp³-hybridized carbons (Fsp3) is 0.941. The molecule has 1 unspecified atom stereocenters. The summed E-state index contributed by atoms with van der Waals surface area (Å²) in [5.41, 5.74) is 0.858. The number of hydrogen-bond acceptors (Lipinski definition) is 4. The number of carbonyl (C=O) groups is 1. The van der Waals surface area contributed by atoms with E-state index in [-0.39, 0.29) is 13.2 Å². The van der Waals surface area contributed by atoms with Crippen molar-refractivity contribution in [2.75, 3.05) is 13.2 Å². The fourth-order valence-electron chi connectivity index (χ4n) is 3.31. The summed E-state index contributed by atoms with van der Waals surface area (Å²) in [7, 11) is -1.99. The number of ether oxygens (including phenoxy) is 1. The molecule has 0 aromatic rings. The van der Waals surface area contributed by atoms with Gasteiger partial charge < -0.3 is 19.6 Å². The first kappa shape index (κ1) is 22.4. The van der Waals surface area contributed by atoms with E-state index in [0.717, 1.165) is 0 Å². The van der Waals surface area contributed by atoms with Crippen molar-refractivity contribution in [1.29, 1.82) is 0 Å². The van der Waals surface area contributed by atoms with Crippen LogP contribution in [0.3, 0.4) is 0 Å². The standard InChI is InChI=1S/C17H37NO4Si/c1-12(2)23(13(3)4,14(5)6)21-11-15(19)10-18-16(20)22-17(7,8)9/h12-15,19H,10-11H2,1-9H3,(H,18,20). The Morgan fingerprint density at radius 1 is 1.04 bits per heavy atom. The molecule has 2 N–H and O–H groups in total. The van der Waals surface area contributed by atoms with Gasteiger partial charge in [0.25, 0.3) is 0 Å². The number of nitrogens with one attached hydrogen (secondary N) is 1. The van der Waals surface area contributed by atoms with Crippen LogP contribution in [0.1, 0.15) is 62.3 Å². The number of alkyl carbamates (subject to hydrolysis) is 1. The first-order valence-corrected chi connectivity index (χ1v) is 10.8. The molecule has 1 amide bonds. The van der Waals surface area contributed by atoms with Crippen LogP contribution < -0.4 is 5.32 Å². The van der Waals surface area contributed by atoms with Crippen molar-refractivity contribution < 1.29 is 19.1 Å². The molecule has 5 nitrogen and oxygen atoms in total. The van der Waals surface area contributed by atoms with E-state index in [4.69, 9.17) is 9.16 Å². The lowest BCUT2D eigenvalue weighted by Crippen LogP contribution is -2.50. The molecule has 138 valence electrons. The zero-order valence-electron chi connectivity index (χ0n) is 16.4. The van der Waals surface area contributed by atoms with Gasteiger partial charge in [0.2, 0.25) is 0 Å². The lowest BCUT2D eigenvalue weighted by atomic mass is 10.2. The minimum atomic E-state index is -1.99. The summed E-state index contributed by atoms with van der Waals surface area (Å²) in [5.74, 6) is 0. The maximum absolute atomic E-state index is 11.6. The van der Waals surface area contributed by atoms with Crippen LogP contribution in [0, 0.1) is 0 Å². The second-order valence-electron chi connectivity index (χ2n) is 8.17. The van der Waals surface area contributed by atoms with E-state index < -0.39 is 26.1 Å². The van der Waals surface area contributed by atoms with Gasteiger partial charge in [0.1, 0.15) is 5.60 Å². The Morgan fingerprint density at radius 3 is 1.83 bits per heavy atom. The molecule has 0 heterocycles. The van der Waals surface area contributed by atoms with Crippen LogP contribution in [0.25, 0.3) is 0 Å². The van der Waals surface area contributed by atoms with Gasteiger partial charge in [0.15, 0.2) is 8.32 Å². The van der Waals surface area contributed by atoms with E-state index >= 15 is 0 Å². The highest BCUT2D eigenvalue weighted by atomic mass is 28.4. The van der Waals surface area contributed by atoms with Gasteiger partial charge in [0, 0.05) is 6.54 Å². The van der Waals surface area contributed by atoms with E-state index in [1.54, 1.807) is 20.8 Å². The van der Waals surface area contributed by atoms with Crippen molar-refractivity contribution in [2.24, 2.45) is 0 Å². The van der Waals surface area contributed by atoms with Gasteiger partial charge >= 0.3 is 6.09 Å². The van der Waals surface area contributed by atoms with E-state index in [0.29, 0.717) is 16.6 Å². The van der Waals surface area contributed by atoms with Gasteiger partial charge in [0.05, 0.1) is 12.7 Å². The van der Waals surface area contributed by atoms with E-state index in [1.807, 2.05) is 0 Å². The molecule has 0 aliphatic carbocycles. The zero-order chi connectivity index (χ0) is 18.4. The monoisotopic (exact) mass is 347 g/mol. The minimum Gasteiger partial charge on any atom is -0.444 e. The summed E-state index contributed by atoms with van der Waals surface area (Å²) < 4.78 is 11.5. The molecule has 6 heteroatoms. The fourth-order valence-corrected chi connectivity index (χ4v) is 8.80. The average molecular weight is 348 g/mol. The quantitative estimate of drug-likeness (QED) is 0.650. The molecule has 0 fully saturated rings. The van der Waals surface area contributed by atoms with E-state index in [9.17, 15) is 9.90 Å². The normalized spacial score (nSPS) is 14.5. The molecule has 0 radical (unpaired) electrons. The molecular formula is C17H37NO4Si. The Bertz CT molecular complexity index is 342. The molecular weight excluding hydrogens is 310 g/mol. The summed E-state index contributed by atoms with van der Waals surface area (Å²) in [6.45, 7) is 19.0. The molecule has 1 atom stereocenters. The third-order valence-electron chi connectivity index (χ3n) is 4.11. The second kappa shape index (κ2) is 9.04. The average Bonchev–Trinajstić information content (AvgIpc) is 2.33. The van der Waals surface area contributed by atoms with Gasteiger partial charge in [-0.2, -0.15) is 0 Å². The number of rotatable bonds is 8. The zero-order valence-corrected chi connectivity index (χ0v) is 17.4. The number of amides is 1. The third-order valence-corrected chi connectivity index (χ3v) is 10.2. The third kappa shape index (κ3) is 7.22. The maximum atomic E-state index is 11.6. The molecule has 0 saturated carbocycles. The first-order chi connectivity index (χ1) is 10.3. The van der Waals surface area contributed by atoms with Gasteiger partial charge in [-0.15, -0.1) is 0 Å². The number of hydrogen-bond donors (Lipinski definition) is 2. The Balaban J connectivity index is 4.55. The highest BCUT2D eigenvalue weighted by Gasteiger charge is 2.45. The lowest BCUT2D eigenvalue weighted by Gasteiger charge is -2.42. The summed E-state index contributed by atoms with van der Waals surface area (Å²) >= 11 is 0. The van der Waals surface area contributed by atoms with Gasteiger partial charge in [-0.1, -0.05) is 41.5 Å². The van der Waals surface area contributed by atoms with Crippen molar-refractivity contribution in [3.05, 3.63) is 0 Å². The van der Waals surface area contributed by atoms with Crippen LogP contribution in [0.4, 0.5) is 4.79 Å². The van der Waals surface area contributed by atoms with Crippen molar-refractivity contribution in [1.82, 2.24) is 5.32 Å².